The lowest BCUT2D eigenvalue weighted by Crippen LogP contribution is -2.13. The lowest BCUT2D eigenvalue weighted by molar-refractivity contribution is 0.590. The van der Waals surface area contributed by atoms with Gasteiger partial charge in [0.1, 0.15) is 0 Å². The van der Waals surface area contributed by atoms with Crippen molar-refractivity contribution in [3.63, 3.8) is 0 Å². The number of hydrogen-bond donors (Lipinski definition) is 0. The third kappa shape index (κ3) is 4.48. The van der Waals surface area contributed by atoms with Gasteiger partial charge in [0.2, 0.25) is 0 Å². The molecule has 0 nitrogen and oxygen atoms in total. The van der Waals surface area contributed by atoms with E-state index in [4.69, 9.17) is 0 Å². The molecule has 0 saturated heterocycles. The zero-order valence-corrected chi connectivity index (χ0v) is 33.1. The van der Waals surface area contributed by atoms with Gasteiger partial charge in [-0.3, -0.25) is 0 Å². The van der Waals surface area contributed by atoms with E-state index in [0.29, 0.717) is 0 Å². The second-order valence-electron chi connectivity index (χ2n) is 18.9. The Balaban J connectivity index is 1.02. The number of hydrogen-bond acceptors (Lipinski definition) is 0. The van der Waals surface area contributed by atoms with Crippen LogP contribution in [-0.4, -0.2) is 0 Å². The van der Waals surface area contributed by atoms with Crippen LogP contribution in [0, 0.1) is 0 Å². The van der Waals surface area contributed by atoms with Crippen LogP contribution in [0.25, 0.3) is 108 Å². The molecule has 0 N–H and O–H groups in total. The summed E-state index contributed by atoms with van der Waals surface area (Å²) in [5, 5.41) is 21.7. The highest BCUT2D eigenvalue weighted by Crippen LogP contribution is 2.46. The van der Waals surface area contributed by atoms with Gasteiger partial charge in [0.15, 0.2) is 0 Å². The summed E-state index contributed by atoms with van der Waals surface area (Å²) < 4.78 is 0. The molecule has 0 amide bonds. The molecular formula is C56H44. The van der Waals surface area contributed by atoms with Crippen LogP contribution in [0.3, 0.4) is 0 Å². The van der Waals surface area contributed by atoms with E-state index in [1.165, 1.54) is 131 Å². The molecule has 1 aliphatic carbocycles. The van der Waals surface area contributed by atoms with Gasteiger partial charge >= 0.3 is 0 Å². The Morgan fingerprint density at radius 2 is 0.679 bits per heavy atom. The molecule has 56 heavy (non-hydrogen) atoms. The Morgan fingerprint density at radius 3 is 1.21 bits per heavy atom. The molecule has 1 aliphatic rings. The third-order valence-corrected chi connectivity index (χ3v) is 13.4. The largest absolute Gasteiger partial charge is 0.0578 e. The van der Waals surface area contributed by atoms with Gasteiger partial charge < -0.3 is 0 Å². The number of rotatable bonds is 2. The van der Waals surface area contributed by atoms with E-state index in [9.17, 15) is 0 Å². The van der Waals surface area contributed by atoms with Crippen molar-refractivity contribution in [2.45, 2.75) is 65.2 Å². The predicted molar refractivity (Wildman–Crippen MR) is 245 cm³/mol. The van der Waals surface area contributed by atoms with Gasteiger partial charge in [-0.2, -0.15) is 0 Å². The average Bonchev–Trinajstić information content (AvgIpc) is 3.19. The Hall–Kier alpha value is -5.98. The van der Waals surface area contributed by atoms with E-state index < -0.39 is 0 Å². The van der Waals surface area contributed by atoms with Crippen molar-refractivity contribution in [2.75, 3.05) is 0 Å². The van der Waals surface area contributed by atoms with Gasteiger partial charge in [0.25, 0.3) is 0 Å². The molecule has 0 aromatic heterocycles. The highest BCUT2D eigenvalue weighted by molar-refractivity contribution is 6.28. The molecule has 11 aromatic rings. The molecule has 0 radical (unpaired) electrons. The Morgan fingerprint density at radius 1 is 0.304 bits per heavy atom. The summed E-state index contributed by atoms with van der Waals surface area (Å²) in [7, 11) is 0. The zero-order valence-electron chi connectivity index (χ0n) is 33.1. The normalized spacial score (nSPS) is 13.8. The average molecular weight is 717 g/mol. The van der Waals surface area contributed by atoms with Crippen LogP contribution in [0.5, 0.6) is 0 Å². The molecule has 0 atom stereocenters. The lowest BCUT2D eigenvalue weighted by Gasteiger charge is -2.25. The summed E-state index contributed by atoms with van der Waals surface area (Å²) in [5.41, 5.74) is 11.2. The number of benzene rings is 11. The van der Waals surface area contributed by atoms with Crippen molar-refractivity contribution in [3.05, 3.63) is 156 Å². The lowest BCUT2D eigenvalue weighted by atomic mass is 9.79. The molecule has 11 aromatic carbocycles. The quantitative estimate of drug-likeness (QED) is 0.156. The van der Waals surface area contributed by atoms with Crippen molar-refractivity contribution in [1.29, 1.82) is 0 Å². The van der Waals surface area contributed by atoms with E-state index in [2.05, 4.69) is 175 Å². The molecule has 0 unspecified atom stereocenters. The molecule has 0 saturated carbocycles. The molecule has 268 valence electrons. The minimum Gasteiger partial charge on any atom is -0.0578 e. The standard InChI is InChI=1S/C56H44/c1-55(2,3)43-27-37-9-7-31-15-19-45(47-21-17-39(29-43)51(37)53(31)47)41-23-33-11-13-35-25-42(26-36-14-12-34(24-41)49(33)50(35)36)46-20-16-32-8-10-38-28-44(56(4,5)6)30-40-18-22-48(46)54(32)52(38)40/h7,9,11-30H,8,10H2,1-6H3. The predicted octanol–water partition coefficient (Wildman–Crippen LogP) is 15.8. The highest BCUT2D eigenvalue weighted by Gasteiger charge is 2.23. The molecule has 0 spiro atoms. The van der Waals surface area contributed by atoms with Gasteiger partial charge in [0, 0.05) is 0 Å². The maximum absolute atomic E-state index is 2.49. The van der Waals surface area contributed by atoms with E-state index >= 15 is 0 Å². The minimum atomic E-state index is 0.101. The van der Waals surface area contributed by atoms with E-state index in [-0.39, 0.29) is 10.8 Å². The summed E-state index contributed by atoms with van der Waals surface area (Å²) in [4.78, 5) is 0. The van der Waals surface area contributed by atoms with E-state index in [1.807, 2.05) is 0 Å². The van der Waals surface area contributed by atoms with Crippen molar-refractivity contribution < 1.29 is 0 Å². The monoisotopic (exact) mass is 716 g/mol. The van der Waals surface area contributed by atoms with Crippen LogP contribution in [0.15, 0.2) is 133 Å². The topological polar surface area (TPSA) is 0 Å². The van der Waals surface area contributed by atoms with Crippen LogP contribution in [-0.2, 0) is 23.7 Å². The Kier molecular flexibility index (Phi) is 6.26. The molecule has 0 fully saturated rings. The molecule has 12 rings (SSSR count). The van der Waals surface area contributed by atoms with E-state index in [1.54, 1.807) is 0 Å². The maximum Gasteiger partial charge on any atom is -0.00206 e. The zero-order chi connectivity index (χ0) is 37.8. The van der Waals surface area contributed by atoms with Crippen molar-refractivity contribution in [1.82, 2.24) is 0 Å². The van der Waals surface area contributed by atoms with Gasteiger partial charge in [-0.25, -0.2) is 0 Å². The summed E-state index contributed by atoms with van der Waals surface area (Å²) in [6.07, 6.45) is 2.22. The summed E-state index contributed by atoms with van der Waals surface area (Å²) >= 11 is 0. The second kappa shape index (κ2) is 10.9. The SMILES string of the molecule is CC(C)(C)c1cc2c3c(ccc4c(-c5cc6ccc7cc(-c8ccc9ccc%10cc(C(C)(C)C)cc%11ccc8c9c%10%11)cc8ccc(c5)c6c78)ccc(c43)CC2)c1. The summed E-state index contributed by atoms with van der Waals surface area (Å²) in [5.74, 6) is 0. The van der Waals surface area contributed by atoms with Crippen LogP contribution >= 0.6 is 0 Å². The fraction of sp³-hybridized carbons (Fsp3) is 0.179. The summed E-state index contributed by atoms with van der Waals surface area (Å²) in [6.45, 7) is 13.9. The van der Waals surface area contributed by atoms with Crippen molar-refractivity contribution in [2.24, 2.45) is 0 Å². The summed E-state index contributed by atoms with van der Waals surface area (Å²) in [6, 6.07) is 52.5. The van der Waals surface area contributed by atoms with Crippen LogP contribution in [0.1, 0.15) is 63.8 Å². The molecular weight excluding hydrogens is 673 g/mol. The van der Waals surface area contributed by atoms with Gasteiger partial charge in [-0.05, 0) is 179 Å². The first-order valence-corrected chi connectivity index (χ1v) is 20.5. The third-order valence-electron chi connectivity index (χ3n) is 13.4. The van der Waals surface area contributed by atoms with Gasteiger partial charge in [-0.15, -0.1) is 0 Å². The van der Waals surface area contributed by atoms with Gasteiger partial charge in [0.05, 0.1) is 0 Å². The highest BCUT2D eigenvalue weighted by atomic mass is 14.3. The molecule has 0 aliphatic heterocycles. The maximum atomic E-state index is 2.49. The second-order valence-corrected chi connectivity index (χ2v) is 18.9. The smallest absolute Gasteiger partial charge is 0.00206 e. The molecule has 0 heteroatoms. The van der Waals surface area contributed by atoms with Crippen LogP contribution < -0.4 is 0 Å². The van der Waals surface area contributed by atoms with Crippen LogP contribution in [0.2, 0.25) is 0 Å². The number of aryl methyl sites for hydroxylation is 2. The minimum absolute atomic E-state index is 0.101. The first-order valence-electron chi connectivity index (χ1n) is 20.5. The van der Waals surface area contributed by atoms with Crippen molar-refractivity contribution >= 4 is 86.2 Å². The first-order chi connectivity index (χ1) is 27.0. The molecule has 0 heterocycles. The fourth-order valence-electron chi connectivity index (χ4n) is 10.5. The van der Waals surface area contributed by atoms with Crippen LogP contribution in [0.4, 0.5) is 0 Å². The molecule has 0 bridgehead atoms. The fourth-order valence-corrected chi connectivity index (χ4v) is 10.5. The Bertz CT molecular complexity index is 3380. The Labute approximate surface area is 328 Å². The van der Waals surface area contributed by atoms with Gasteiger partial charge in [-0.1, -0.05) is 151 Å². The van der Waals surface area contributed by atoms with E-state index in [0.717, 1.165) is 12.8 Å². The van der Waals surface area contributed by atoms with Crippen molar-refractivity contribution in [3.8, 4) is 22.3 Å². The first kappa shape index (κ1) is 32.3.